The molecule has 2 aliphatic heterocycles. The SMILES string of the molecule is O=C1N(Cc2cccnc2)CCCC12CCN(Cc1ccccc1F)C2. The van der Waals surface area contributed by atoms with Crippen molar-refractivity contribution in [1.29, 1.82) is 0 Å². The standard InChI is InChI=1S/C21H24FN3O/c22-19-7-2-1-6-18(19)15-24-12-9-21(16-24)8-4-11-25(20(21)26)14-17-5-3-10-23-13-17/h1-3,5-7,10,13H,4,8-9,11-12,14-16H2. The number of piperidine rings is 1. The number of likely N-dealkylation sites (tertiary alicyclic amines) is 2. The van der Waals surface area contributed by atoms with Crippen molar-refractivity contribution in [3.8, 4) is 0 Å². The summed E-state index contributed by atoms with van der Waals surface area (Å²) in [6.07, 6.45) is 6.40. The Kier molecular flexibility index (Phi) is 4.72. The van der Waals surface area contributed by atoms with Gasteiger partial charge in [-0.2, -0.15) is 0 Å². The highest BCUT2D eigenvalue weighted by Crippen LogP contribution is 2.41. The maximum atomic E-state index is 14.0. The van der Waals surface area contributed by atoms with Crippen LogP contribution in [0.5, 0.6) is 0 Å². The molecule has 136 valence electrons. The highest BCUT2D eigenvalue weighted by atomic mass is 19.1. The van der Waals surface area contributed by atoms with Crippen molar-refractivity contribution in [2.75, 3.05) is 19.6 Å². The maximum Gasteiger partial charge on any atom is 0.230 e. The van der Waals surface area contributed by atoms with Gasteiger partial charge in [-0.25, -0.2) is 4.39 Å². The van der Waals surface area contributed by atoms with E-state index in [1.54, 1.807) is 12.3 Å². The summed E-state index contributed by atoms with van der Waals surface area (Å²) in [6.45, 7) is 3.58. The number of benzene rings is 1. The van der Waals surface area contributed by atoms with E-state index in [9.17, 15) is 9.18 Å². The van der Waals surface area contributed by atoms with Crippen LogP contribution in [0.15, 0.2) is 48.8 Å². The number of hydrogen-bond donors (Lipinski definition) is 0. The normalized spacial score (nSPS) is 23.7. The zero-order valence-electron chi connectivity index (χ0n) is 14.9. The van der Waals surface area contributed by atoms with E-state index < -0.39 is 0 Å². The van der Waals surface area contributed by atoms with Gasteiger partial charge in [0.2, 0.25) is 5.91 Å². The monoisotopic (exact) mass is 353 g/mol. The summed E-state index contributed by atoms with van der Waals surface area (Å²) in [4.78, 5) is 21.6. The Morgan fingerprint density at radius 3 is 2.77 bits per heavy atom. The fourth-order valence-corrected chi connectivity index (χ4v) is 4.35. The summed E-state index contributed by atoms with van der Waals surface area (Å²) in [6, 6.07) is 10.8. The molecule has 1 aromatic carbocycles. The molecule has 26 heavy (non-hydrogen) atoms. The molecule has 0 saturated carbocycles. The first kappa shape index (κ1) is 17.2. The highest BCUT2D eigenvalue weighted by Gasteiger charge is 2.48. The minimum absolute atomic E-state index is 0.165. The van der Waals surface area contributed by atoms with Gasteiger partial charge in [0.15, 0.2) is 0 Å². The van der Waals surface area contributed by atoms with Crippen LogP contribution < -0.4 is 0 Å². The van der Waals surface area contributed by atoms with Gasteiger partial charge in [0.1, 0.15) is 5.82 Å². The van der Waals surface area contributed by atoms with Crippen LogP contribution >= 0.6 is 0 Å². The maximum absolute atomic E-state index is 14.0. The number of nitrogens with zero attached hydrogens (tertiary/aromatic N) is 3. The molecule has 3 heterocycles. The number of halogens is 1. The molecular weight excluding hydrogens is 329 g/mol. The van der Waals surface area contributed by atoms with Crippen molar-refractivity contribution >= 4 is 5.91 Å². The molecule has 0 radical (unpaired) electrons. The van der Waals surface area contributed by atoms with E-state index in [2.05, 4.69) is 9.88 Å². The van der Waals surface area contributed by atoms with E-state index in [0.29, 0.717) is 18.7 Å². The summed E-state index contributed by atoms with van der Waals surface area (Å²) in [7, 11) is 0. The lowest BCUT2D eigenvalue weighted by Crippen LogP contribution is -2.49. The van der Waals surface area contributed by atoms with Gasteiger partial charge < -0.3 is 4.90 Å². The molecule has 0 N–H and O–H groups in total. The molecule has 2 aromatic rings. The van der Waals surface area contributed by atoms with Gasteiger partial charge in [0, 0.05) is 44.1 Å². The molecule has 0 aliphatic carbocycles. The molecular formula is C21H24FN3O. The van der Waals surface area contributed by atoms with Crippen LogP contribution in [0.25, 0.3) is 0 Å². The Hall–Kier alpha value is -2.27. The van der Waals surface area contributed by atoms with Gasteiger partial charge in [-0.05, 0) is 43.5 Å². The first-order valence-corrected chi connectivity index (χ1v) is 9.30. The number of aromatic nitrogens is 1. The van der Waals surface area contributed by atoms with E-state index >= 15 is 0 Å². The van der Waals surface area contributed by atoms with Crippen LogP contribution in [0.1, 0.15) is 30.4 Å². The van der Waals surface area contributed by atoms with Crippen LogP contribution in [0.3, 0.4) is 0 Å². The number of carbonyl (C=O) groups is 1. The van der Waals surface area contributed by atoms with Gasteiger partial charge in [-0.15, -0.1) is 0 Å². The number of amides is 1. The summed E-state index contributed by atoms with van der Waals surface area (Å²) in [5, 5.41) is 0. The third-order valence-corrected chi connectivity index (χ3v) is 5.71. The largest absolute Gasteiger partial charge is 0.338 e. The quantitative estimate of drug-likeness (QED) is 0.847. The molecule has 4 rings (SSSR count). The summed E-state index contributed by atoms with van der Waals surface area (Å²) in [5.74, 6) is 0.0882. The van der Waals surface area contributed by atoms with Gasteiger partial charge in [0.25, 0.3) is 0 Å². The van der Waals surface area contributed by atoms with E-state index in [4.69, 9.17) is 0 Å². The molecule has 2 saturated heterocycles. The fraction of sp³-hybridized carbons (Fsp3) is 0.429. The van der Waals surface area contributed by atoms with Crippen LogP contribution in [0, 0.1) is 11.2 Å². The van der Waals surface area contributed by atoms with Crippen LogP contribution in [0.4, 0.5) is 4.39 Å². The van der Waals surface area contributed by atoms with Crippen molar-refractivity contribution in [3.63, 3.8) is 0 Å². The van der Waals surface area contributed by atoms with Crippen molar-refractivity contribution in [2.24, 2.45) is 5.41 Å². The summed E-state index contributed by atoms with van der Waals surface area (Å²) >= 11 is 0. The average molecular weight is 353 g/mol. The third-order valence-electron chi connectivity index (χ3n) is 5.71. The molecule has 2 aliphatic rings. The lowest BCUT2D eigenvalue weighted by atomic mass is 9.78. The second kappa shape index (κ2) is 7.16. The first-order chi connectivity index (χ1) is 12.7. The predicted molar refractivity (Wildman–Crippen MR) is 97.6 cm³/mol. The minimum Gasteiger partial charge on any atom is -0.338 e. The molecule has 2 fully saturated rings. The van der Waals surface area contributed by atoms with E-state index in [-0.39, 0.29) is 17.1 Å². The topological polar surface area (TPSA) is 36.4 Å². The zero-order valence-corrected chi connectivity index (χ0v) is 14.9. The fourth-order valence-electron chi connectivity index (χ4n) is 4.35. The lowest BCUT2D eigenvalue weighted by Gasteiger charge is -2.39. The Morgan fingerprint density at radius 2 is 1.96 bits per heavy atom. The van der Waals surface area contributed by atoms with Crippen molar-refractivity contribution < 1.29 is 9.18 Å². The zero-order chi connectivity index (χ0) is 18.0. The second-order valence-corrected chi connectivity index (χ2v) is 7.52. The molecule has 1 aromatic heterocycles. The van der Waals surface area contributed by atoms with E-state index in [1.807, 2.05) is 35.4 Å². The molecule has 1 unspecified atom stereocenters. The Balaban J connectivity index is 1.45. The molecule has 1 amide bonds. The van der Waals surface area contributed by atoms with Gasteiger partial charge in [-0.1, -0.05) is 24.3 Å². The third kappa shape index (κ3) is 3.36. The highest BCUT2D eigenvalue weighted by molar-refractivity contribution is 5.84. The smallest absolute Gasteiger partial charge is 0.230 e. The molecule has 1 spiro atoms. The van der Waals surface area contributed by atoms with Crippen molar-refractivity contribution in [1.82, 2.24) is 14.8 Å². The van der Waals surface area contributed by atoms with Crippen LogP contribution in [-0.4, -0.2) is 40.3 Å². The van der Waals surface area contributed by atoms with Crippen LogP contribution in [-0.2, 0) is 17.9 Å². The summed E-state index contributed by atoms with van der Waals surface area (Å²) in [5.41, 5.74) is 1.48. The van der Waals surface area contributed by atoms with Gasteiger partial charge in [-0.3, -0.25) is 14.7 Å². The van der Waals surface area contributed by atoms with Crippen molar-refractivity contribution in [2.45, 2.75) is 32.4 Å². The van der Waals surface area contributed by atoms with Gasteiger partial charge >= 0.3 is 0 Å². The lowest BCUT2D eigenvalue weighted by molar-refractivity contribution is -0.146. The number of hydrogen-bond acceptors (Lipinski definition) is 3. The molecule has 4 nitrogen and oxygen atoms in total. The first-order valence-electron chi connectivity index (χ1n) is 9.30. The molecule has 5 heteroatoms. The van der Waals surface area contributed by atoms with Crippen molar-refractivity contribution in [3.05, 3.63) is 65.7 Å². The average Bonchev–Trinajstić information content (AvgIpc) is 3.06. The molecule has 0 bridgehead atoms. The van der Waals surface area contributed by atoms with Crippen LogP contribution in [0.2, 0.25) is 0 Å². The van der Waals surface area contributed by atoms with Gasteiger partial charge in [0.05, 0.1) is 5.41 Å². The summed E-state index contributed by atoms with van der Waals surface area (Å²) < 4.78 is 14.0. The predicted octanol–water partition coefficient (Wildman–Crippen LogP) is 3.24. The Bertz CT molecular complexity index is 782. The number of carbonyl (C=O) groups excluding carboxylic acids is 1. The van der Waals surface area contributed by atoms with E-state index in [1.165, 1.54) is 6.07 Å². The molecule has 1 atom stereocenters. The Labute approximate surface area is 153 Å². The number of rotatable bonds is 4. The Morgan fingerprint density at radius 1 is 1.08 bits per heavy atom. The van der Waals surface area contributed by atoms with E-state index in [0.717, 1.165) is 44.5 Å². The second-order valence-electron chi connectivity index (χ2n) is 7.52. The minimum atomic E-state index is -0.300. The number of pyridine rings is 1.